The maximum Gasteiger partial charge on any atom is 0.132 e. The summed E-state index contributed by atoms with van der Waals surface area (Å²) in [6.45, 7) is 9.93. The van der Waals surface area contributed by atoms with Gasteiger partial charge in [0.1, 0.15) is 11.6 Å². The minimum absolute atomic E-state index is 0.0653. The summed E-state index contributed by atoms with van der Waals surface area (Å²) < 4.78 is 0. The highest BCUT2D eigenvalue weighted by Crippen LogP contribution is 2.17. The zero-order valence-electron chi connectivity index (χ0n) is 13.3. The molecule has 1 aromatic rings. The van der Waals surface area contributed by atoms with Crippen LogP contribution in [-0.2, 0) is 6.42 Å². The van der Waals surface area contributed by atoms with Crippen molar-refractivity contribution in [3.63, 3.8) is 0 Å². The minimum atomic E-state index is 0.0653. The molecule has 21 heavy (non-hydrogen) atoms. The number of piperazine rings is 1. The molecule has 0 spiro atoms. The molecule has 0 aromatic carbocycles. The predicted octanol–water partition coefficient (Wildman–Crippen LogP) is 2.16. The van der Waals surface area contributed by atoms with Crippen LogP contribution >= 0.6 is 0 Å². The lowest BCUT2D eigenvalue weighted by Gasteiger charge is -2.37. The molecule has 0 amide bonds. The lowest BCUT2D eigenvalue weighted by molar-refractivity contribution is 0.211. The zero-order valence-corrected chi connectivity index (χ0v) is 13.3. The summed E-state index contributed by atoms with van der Waals surface area (Å²) in [7, 11) is 0. The molecule has 0 bridgehead atoms. The fourth-order valence-corrected chi connectivity index (χ4v) is 2.82. The second-order valence-corrected chi connectivity index (χ2v) is 5.57. The van der Waals surface area contributed by atoms with E-state index in [9.17, 15) is 5.26 Å². The Morgan fingerprint density at radius 2 is 1.95 bits per heavy atom. The lowest BCUT2D eigenvalue weighted by atomic mass is 10.1. The van der Waals surface area contributed by atoms with Crippen molar-refractivity contribution in [2.75, 3.05) is 31.1 Å². The SMILES string of the molecule is CCCC(C#N)N1CCN(c2cc(CC)nc(C)n2)CC1. The van der Waals surface area contributed by atoms with E-state index in [0.717, 1.165) is 62.8 Å². The van der Waals surface area contributed by atoms with Crippen LogP contribution < -0.4 is 4.90 Å². The molecule has 1 aliphatic heterocycles. The molecule has 1 aromatic heterocycles. The Balaban J connectivity index is 2.01. The fourth-order valence-electron chi connectivity index (χ4n) is 2.82. The number of rotatable bonds is 5. The Kier molecular flexibility index (Phi) is 5.51. The largest absolute Gasteiger partial charge is 0.354 e. The Hall–Kier alpha value is -1.67. The summed E-state index contributed by atoms with van der Waals surface area (Å²) in [5.41, 5.74) is 1.10. The topological polar surface area (TPSA) is 56.1 Å². The van der Waals surface area contributed by atoms with E-state index in [2.05, 4.69) is 45.8 Å². The van der Waals surface area contributed by atoms with Crippen LogP contribution in [0.5, 0.6) is 0 Å². The summed E-state index contributed by atoms with van der Waals surface area (Å²) in [6.07, 6.45) is 2.95. The number of nitriles is 1. The first-order chi connectivity index (χ1) is 10.2. The monoisotopic (exact) mass is 287 g/mol. The van der Waals surface area contributed by atoms with E-state index in [1.54, 1.807) is 0 Å². The third-order valence-electron chi connectivity index (χ3n) is 4.03. The number of nitrogens with zero attached hydrogens (tertiary/aromatic N) is 5. The van der Waals surface area contributed by atoms with Gasteiger partial charge < -0.3 is 4.90 Å². The zero-order chi connectivity index (χ0) is 15.2. The second kappa shape index (κ2) is 7.37. The maximum absolute atomic E-state index is 9.27. The number of anilines is 1. The Bertz CT molecular complexity index is 500. The van der Waals surface area contributed by atoms with E-state index in [4.69, 9.17) is 0 Å². The number of aryl methyl sites for hydroxylation is 2. The molecule has 1 fully saturated rings. The van der Waals surface area contributed by atoms with Crippen molar-refractivity contribution < 1.29 is 0 Å². The summed E-state index contributed by atoms with van der Waals surface area (Å²) in [5, 5.41) is 9.27. The van der Waals surface area contributed by atoms with Crippen molar-refractivity contribution in [3.8, 4) is 6.07 Å². The van der Waals surface area contributed by atoms with Gasteiger partial charge in [-0.05, 0) is 19.8 Å². The van der Waals surface area contributed by atoms with Gasteiger partial charge >= 0.3 is 0 Å². The van der Waals surface area contributed by atoms with Gasteiger partial charge in [0.05, 0.1) is 12.1 Å². The Morgan fingerprint density at radius 1 is 1.24 bits per heavy atom. The number of hydrogen-bond donors (Lipinski definition) is 0. The van der Waals surface area contributed by atoms with Gasteiger partial charge in [0.15, 0.2) is 0 Å². The van der Waals surface area contributed by atoms with Crippen LogP contribution in [0.25, 0.3) is 0 Å². The molecule has 1 unspecified atom stereocenters. The van der Waals surface area contributed by atoms with Gasteiger partial charge in [-0.1, -0.05) is 20.3 Å². The van der Waals surface area contributed by atoms with Crippen LogP contribution in [0.3, 0.4) is 0 Å². The molecule has 0 radical (unpaired) electrons. The number of aromatic nitrogens is 2. The molecule has 2 heterocycles. The molecule has 1 saturated heterocycles. The van der Waals surface area contributed by atoms with Gasteiger partial charge in [0.2, 0.25) is 0 Å². The van der Waals surface area contributed by atoms with E-state index >= 15 is 0 Å². The summed E-state index contributed by atoms with van der Waals surface area (Å²) in [4.78, 5) is 13.6. The molecule has 1 aliphatic rings. The predicted molar refractivity (Wildman–Crippen MR) is 84.2 cm³/mol. The van der Waals surface area contributed by atoms with Crippen LogP contribution in [0, 0.1) is 18.3 Å². The van der Waals surface area contributed by atoms with Crippen molar-refractivity contribution in [1.29, 1.82) is 5.26 Å². The molecule has 5 nitrogen and oxygen atoms in total. The van der Waals surface area contributed by atoms with Gasteiger partial charge in [0, 0.05) is 37.9 Å². The highest BCUT2D eigenvalue weighted by Gasteiger charge is 2.24. The van der Waals surface area contributed by atoms with E-state index in [-0.39, 0.29) is 6.04 Å². The van der Waals surface area contributed by atoms with Gasteiger partial charge in [-0.15, -0.1) is 0 Å². The van der Waals surface area contributed by atoms with Crippen molar-refractivity contribution >= 4 is 5.82 Å². The molecule has 2 rings (SSSR count). The third-order valence-corrected chi connectivity index (χ3v) is 4.03. The van der Waals surface area contributed by atoms with Gasteiger partial charge in [-0.25, -0.2) is 9.97 Å². The van der Waals surface area contributed by atoms with Crippen molar-refractivity contribution in [3.05, 3.63) is 17.6 Å². The smallest absolute Gasteiger partial charge is 0.132 e. The fraction of sp³-hybridized carbons (Fsp3) is 0.688. The Morgan fingerprint density at radius 3 is 2.52 bits per heavy atom. The molecule has 5 heteroatoms. The van der Waals surface area contributed by atoms with Crippen LogP contribution in [0.2, 0.25) is 0 Å². The van der Waals surface area contributed by atoms with Gasteiger partial charge in [-0.3, -0.25) is 4.90 Å². The van der Waals surface area contributed by atoms with E-state index in [1.807, 2.05) is 6.92 Å². The van der Waals surface area contributed by atoms with Gasteiger partial charge in [-0.2, -0.15) is 5.26 Å². The van der Waals surface area contributed by atoms with Crippen LogP contribution in [-0.4, -0.2) is 47.1 Å². The highest BCUT2D eigenvalue weighted by atomic mass is 15.3. The standard InChI is InChI=1S/C16H25N5/c1-4-6-15(12-17)20-7-9-21(10-8-20)16-11-14(5-2)18-13(3)19-16/h11,15H,4-10H2,1-3H3. The number of hydrogen-bond acceptors (Lipinski definition) is 5. The van der Waals surface area contributed by atoms with Crippen molar-refractivity contribution in [1.82, 2.24) is 14.9 Å². The molecule has 0 N–H and O–H groups in total. The van der Waals surface area contributed by atoms with Crippen molar-refractivity contribution in [2.45, 2.75) is 46.1 Å². The average Bonchev–Trinajstić information content (AvgIpc) is 2.52. The average molecular weight is 287 g/mol. The highest BCUT2D eigenvalue weighted by molar-refractivity contribution is 5.40. The first-order valence-corrected chi connectivity index (χ1v) is 7.91. The van der Waals surface area contributed by atoms with E-state index < -0.39 is 0 Å². The quantitative estimate of drug-likeness (QED) is 0.830. The molecular formula is C16H25N5. The molecule has 114 valence electrons. The van der Waals surface area contributed by atoms with Crippen molar-refractivity contribution in [2.24, 2.45) is 0 Å². The normalized spacial score (nSPS) is 17.5. The first kappa shape index (κ1) is 15.7. The first-order valence-electron chi connectivity index (χ1n) is 7.91. The molecular weight excluding hydrogens is 262 g/mol. The van der Waals surface area contributed by atoms with Gasteiger partial charge in [0.25, 0.3) is 0 Å². The van der Waals surface area contributed by atoms with Crippen LogP contribution in [0.4, 0.5) is 5.82 Å². The second-order valence-electron chi connectivity index (χ2n) is 5.57. The Labute approximate surface area is 127 Å². The summed E-state index contributed by atoms with van der Waals surface area (Å²) in [6, 6.07) is 4.60. The maximum atomic E-state index is 9.27. The molecule has 1 atom stereocenters. The summed E-state index contributed by atoms with van der Waals surface area (Å²) in [5.74, 6) is 1.87. The summed E-state index contributed by atoms with van der Waals surface area (Å²) >= 11 is 0. The van der Waals surface area contributed by atoms with Crippen LogP contribution in [0.1, 0.15) is 38.2 Å². The lowest BCUT2D eigenvalue weighted by Crippen LogP contribution is -2.50. The van der Waals surface area contributed by atoms with E-state index in [1.165, 1.54) is 0 Å². The van der Waals surface area contributed by atoms with Crippen LogP contribution in [0.15, 0.2) is 6.07 Å². The molecule has 0 aliphatic carbocycles. The minimum Gasteiger partial charge on any atom is -0.354 e. The van der Waals surface area contributed by atoms with E-state index in [0.29, 0.717) is 0 Å². The third kappa shape index (κ3) is 3.92. The molecule has 0 saturated carbocycles.